The Labute approximate surface area is 176 Å². The highest BCUT2D eigenvalue weighted by molar-refractivity contribution is 7.89. The number of anilines is 1. The minimum absolute atomic E-state index is 0.0885. The normalized spacial score (nSPS) is 13.3. The molecule has 0 radical (unpaired) electrons. The summed E-state index contributed by atoms with van der Waals surface area (Å²) in [4.78, 5) is 12.8. The van der Waals surface area contributed by atoms with E-state index in [4.69, 9.17) is 9.47 Å². The zero-order chi connectivity index (χ0) is 21.9. The van der Waals surface area contributed by atoms with Gasteiger partial charge in [0.2, 0.25) is 10.0 Å². The van der Waals surface area contributed by atoms with Crippen molar-refractivity contribution in [2.24, 2.45) is 0 Å². The maximum Gasteiger partial charge on any atom is 0.293 e. The first-order valence-corrected chi connectivity index (χ1v) is 11.1. The molecule has 0 unspecified atom stereocenters. The Balaban J connectivity index is 1.91. The van der Waals surface area contributed by atoms with E-state index < -0.39 is 14.9 Å². The monoisotopic (exact) mass is 435 g/mol. The number of rotatable bonds is 8. The maximum absolute atomic E-state index is 12.7. The second-order valence-corrected chi connectivity index (χ2v) is 8.77. The van der Waals surface area contributed by atoms with Crippen LogP contribution >= 0.6 is 0 Å². The van der Waals surface area contributed by atoms with Gasteiger partial charge in [-0.05, 0) is 29.8 Å². The molecule has 0 saturated carbocycles. The number of nitrogens with zero attached hydrogens (tertiary/aromatic N) is 3. The van der Waals surface area contributed by atoms with Crippen molar-refractivity contribution >= 4 is 21.4 Å². The highest BCUT2D eigenvalue weighted by Crippen LogP contribution is 2.34. The number of benzene rings is 2. The zero-order valence-electron chi connectivity index (χ0n) is 17.2. The Morgan fingerprint density at radius 3 is 2.33 bits per heavy atom. The van der Waals surface area contributed by atoms with E-state index in [9.17, 15) is 18.5 Å². The molecule has 1 aliphatic rings. The van der Waals surface area contributed by atoms with Gasteiger partial charge in [0.1, 0.15) is 18.9 Å². The van der Waals surface area contributed by atoms with Crippen molar-refractivity contribution in [2.75, 3.05) is 38.3 Å². The second-order valence-electron chi connectivity index (χ2n) is 6.83. The fourth-order valence-corrected chi connectivity index (χ4v) is 4.87. The van der Waals surface area contributed by atoms with E-state index in [1.54, 1.807) is 25.8 Å². The van der Waals surface area contributed by atoms with Gasteiger partial charge in [0, 0.05) is 32.7 Å². The summed E-state index contributed by atoms with van der Waals surface area (Å²) < 4.78 is 37.9. The van der Waals surface area contributed by atoms with E-state index in [-0.39, 0.29) is 10.6 Å². The van der Waals surface area contributed by atoms with E-state index >= 15 is 0 Å². The number of sulfonamides is 1. The van der Waals surface area contributed by atoms with E-state index in [0.717, 1.165) is 11.6 Å². The molecule has 2 aromatic carbocycles. The standard InChI is InChI=1S/C20H25N3O6S/c1-4-22(5-2)30(26,27)16-7-8-17(18(13-16)23(24)25)21(3)14-15-6-9-19-20(12-15)29-11-10-28-19/h6-9,12-13H,4-5,10-11,14H2,1-3H3. The van der Waals surface area contributed by atoms with Gasteiger partial charge >= 0.3 is 0 Å². The Kier molecular flexibility index (Phi) is 6.47. The summed E-state index contributed by atoms with van der Waals surface area (Å²) in [6.45, 7) is 5.38. The average Bonchev–Trinajstić information content (AvgIpc) is 2.73. The van der Waals surface area contributed by atoms with E-state index in [2.05, 4.69) is 0 Å². The smallest absolute Gasteiger partial charge is 0.293 e. The van der Waals surface area contributed by atoms with E-state index in [1.807, 2.05) is 18.2 Å². The molecule has 0 saturated heterocycles. The molecule has 0 aromatic heterocycles. The first-order chi connectivity index (χ1) is 14.3. The summed E-state index contributed by atoms with van der Waals surface area (Å²) >= 11 is 0. The maximum atomic E-state index is 12.7. The van der Waals surface area contributed by atoms with Crippen molar-refractivity contribution < 1.29 is 22.8 Å². The Bertz CT molecular complexity index is 1040. The Hall–Kier alpha value is -2.85. The molecule has 162 valence electrons. The number of ether oxygens (including phenoxy) is 2. The number of fused-ring (bicyclic) bond motifs is 1. The summed E-state index contributed by atoms with van der Waals surface area (Å²) in [7, 11) is -2.07. The lowest BCUT2D eigenvalue weighted by Gasteiger charge is -2.23. The first kappa shape index (κ1) is 21.8. The van der Waals surface area contributed by atoms with Crippen LogP contribution in [0.3, 0.4) is 0 Å². The van der Waals surface area contributed by atoms with Gasteiger partial charge in [0.25, 0.3) is 5.69 Å². The highest BCUT2D eigenvalue weighted by atomic mass is 32.2. The molecule has 2 aromatic rings. The minimum Gasteiger partial charge on any atom is -0.486 e. The van der Waals surface area contributed by atoms with Crippen LogP contribution in [-0.4, -0.2) is 51.0 Å². The van der Waals surface area contributed by atoms with Crippen LogP contribution in [0.5, 0.6) is 11.5 Å². The second kappa shape index (κ2) is 8.88. The van der Waals surface area contributed by atoms with Crippen molar-refractivity contribution in [3.63, 3.8) is 0 Å². The van der Waals surface area contributed by atoms with Gasteiger partial charge in [0.05, 0.1) is 9.82 Å². The molecule has 0 atom stereocenters. The third-order valence-electron chi connectivity index (χ3n) is 4.92. The summed E-state index contributed by atoms with van der Waals surface area (Å²) in [6, 6.07) is 9.54. The minimum atomic E-state index is -3.79. The Morgan fingerprint density at radius 1 is 1.03 bits per heavy atom. The SMILES string of the molecule is CCN(CC)S(=O)(=O)c1ccc(N(C)Cc2ccc3c(c2)OCCO3)c([N+](=O)[O-])c1. The quantitative estimate of drug-likeness (QED) is 0.464. The van der Waals surface area contributed by atoms with Crippen LogP contribution in [0.25, 0.3) is 0 Å². The van der Waals surface area contributed by atoms with Crippen LogP contribution in [0, 0.1) is 10.1 Å². The molecule has 0 spiro atoms. The number of hydrogen-bond donors (Lipinski definition) is 0. The predicted molar refractivity (Wildman–Crippen MR) is 113 cm³/mol. The number of nitro benzene ring substituents is 1. The van der Waals surface area contributed by atoms with Crippen molar-refractivity contribution in [1.82, 2.24) is 4.31 Å². The van der Waals surface area contributed by atoms with Crippen LogP contribution in [0.4, 0.5) is 11.4 Å². The molecule has 9 nitrogen and oxygen atoms in total. The van der Waals surface area contributed by atoms with Gasteiger partial charge in [-0.25, -0.2) is 8.42 Å². The van der Waals surface area contributed by atoms with Gasteiger partial charge < -0.3 is 14.4 Å². The first-order valence-electron chi connectivity index (χ1n) is 9.66. The third-order valence-corrected chi connectivity index (χ3v) is 6.97. The topological polar surface area (TPSA) is 102 Å². The van der Waals surface area contributed by atoms with E-state index in [1.165, 1.54) is 16.4 Å². The lowest BCUT2D eigenvalue weighted by Crippen LogP contribution is -2.30. The number of nitro groups is 1. The van der Waals surface area contributed by atoms with Gasteiger partial charge in [-0.3, -0.25) is 10.1 Å². The Morgan fingerprint density at radius 2 is 1.70 bits per heavy atom. The summed E-state index contributed by atoms with van der Waals surface area (Å²) in [5.41, 5.74) is 0.951. The summed E-state index contributed by atoms with van der Waals surface area (Å²) in [5.74, 6) is 1.31. The van der Waals surface area contributed by atoms with Crippen molar-refractivity contribution in [3.05, 3.63) is 52.1 Å². The molecule has 0 fully saturated rings. The van der Waals surface area contributed by atoms with Crippen LogP contribution in [0.15, 0.2) is 41.3 Å². The van der Waals surface area contributed by atoms with Crippen LogP contribution in [0.2, 0.25) is 0 Å². The van der Waals surface area contributed by atoms with Crippen molar-refractivity contribution in [3.8, 4) is 11.5 Å². The van der Waals surface area contributed by atoms with Gasteiger partial charge in [-0.2, -0.15) is 4.31 Å². The van der Waals surface area contributed by atoms with Gasteiger partial charge in [0.15, 0.2) is 11.5 Å². The fourth-order valence-electron chi connectivity index (χ4n) is 3.39. The molecule has 1 aliphatic heterocycles. The van der Waals surface area contributed by atoms with Crippen LogP contribution < -0.4 is 14.4 Å². The molecule has 0 N–H and O–H groups in total. The molecular formula is C20H25N3O6S. The molecular weight excluding hydrogens is 410 g/mol. The molecule has 1 heterocycles. The molecule has 10 heteroatoms. The zero-order valence-corrected chi connectivity index (χ0v) is 18.0. The lowest BCUT2D eigenvalue weighted by atomic mass is 10.1. The predicted octanol–water partition coefficient (Wildman–Crippen LogP) is 3.03. The van der Waals surface area contributed by atoms with Crippen molar-refractivity contribution in [1.29, 1.82) is 0 Å². The summed E-state index contributed by atoms with van der Waals surface area (Å²) in [5, 5.41) is 11.7. The number of hydrogen-bond acceptors (Lipinski definition) is 7. The molecule has 30 heavy (non-hydrogen) atoms. The molecule has 3 rings (SSSR count). The van der Waals surface area contributed by atoms with Crippen molar-refractivity contribution in [2.45, 2.75) is 25.3 Å². The van der Waals surface area contributed by atoms with E-state index in [0.29, 0.717) is 50.0 Å². The molecule has 0 amide bonds. The lowest BCUT2D eigenvalue weighted by molar-refractivity contribution is -0.384. The van der Waals surface area contributed by atoms with Crippen LogP contribution in [0.1, 0.15) is 19.4 Å². The third kappa shape index (κ3) is 4.34. The van der Waals surface area contributed by atoms with Gasteiger partial charge in [-0.15, -0.1) is 0 Å². The molecule has 0 aliphatic carbocycles. The van der Waals surface area contributed by atoms with Gasteiger partial charge in [-0.1, -0.05) is 19.9 Å². The molecule has 0 bridgehead atoms. The average molecular weight is 436 g/mol. The highest BCUT2D eigenvalue weighted by Gasteiger charge is 2.27. The largest absolute Gasteiger partial charge is 0.486 e. The fraction of sp³-hybridized carbons (Fsp3) is 0.400. The van der Waals surface area contributed by atoms with Crippen LogP contribution in [-0.2, 0) is 16.6 Å². The summed E-state index contributed by atoms with van der Waals surface area (Å²) in [6.07, 6.45) is 0.